The lowest BCUT2D eigenvalue weighted by Gasteiger charge is -2.31. The van der Waals surface area contributed by atoms with Crippen LogP contribution in [0.25, 0.3) is 0 Å². The summed E-state index contributed by atoms with van der Waals surface area (Å²) >= 11 is 3.56. The van der Waals surface area contributed by atoms with Gasteiger partial charge in [-0.2, -0.15) is 5.10 Å². The first-order chi connectivity index (χ1) is 8.31. The first kappa shape index (κ1) is 15.7. The number of hydrazine groups is 1. The number of nitrogens with two attached hydrogens (primary N) is 1. The fourth-order valence-corrected chi connectivity index (χ4v) is 2.51. The van der Waals surface area contributed by atoms with Crippen molar-refractivity contribution in [1.29, 1.82) is 0 Å². The minimum absolute atomic E-state index is 0.121. The predicted octanol–water partition coefficient (Wildman–Crippen LogP) is 3.24. The highest BCUT2D eigenvalue weighted by molar-refractivity contribution is 9.10. The van der Waals surface area contributed by atoms with Gasteiger partial charge < -0.3 is 0 Å². The molecule has 104 valence electrons. The molecule has 5 heteroatoms. The van der Waals surface area contributed by atoms with Gasteiger partial charge in [-0.1, -0.05) is 27.7 Å². The number of aryl methyl sites for hydroxylation is 1. The van der Waals surface area contributed by atoms with Gasteiger partial charge in [0.15, 0.2) is 0 Å². The second-order valence-corrected chi connectivity index (χ2v) is 6.77. The average Bonchev–Trinajstić information content (AvgIpc) is 2.65. The van der Waals surface area contributed by atoms with Crippen molar-refractivity contribution in [3.63, 3.8) is 0 Å². The van der Waals surface area contributed by atoms with Gasteiger partial charge in [0.25, 0.3) is 0 Å². The molecule has 0 aliphatic heterocycles. The molecule has 1 heterocycles. The van der Waals surface area contributed by atoms with E-state index in [0.29, 0.717) is 5.92 Å². The summed E-state index contributed by atoms with van der Waals surface area (Å²) in [5.74, 6) is 6.30. The topological polar surface area (TPSA) is 55.9 Å². The maximum absolute atomic E-state index is 5.74. The molecule has 1 aromatic heterocycles. The third kappa shape index (κ3) is 3.56. The Morgan fingerprint density at radius 1 is 1.50 bits per heavy atom. The monoisotopic (exact) mass is 316 g/mol. The number of nitrogens with zero attached hydrogens (tertiary/aromatic N) is 2. The standard InChI is InChI=1S/C13H25BrN4/c1-6-18-12(10(14)8-16-18)11(17-15)7-9(2)13(3,4)5/h8-9,11,17H,6-7,15H2,1-5H3. The van der Waals surface area contributed by atoms with Gasteiger partial charge in [0, 0.05) is 6.54 Å². The molecule has 1 aromatic rings. The normalized spacial score (nSPS) is 15.7. The summed E-state index contributed by atoms with van der Waals surface area (Å²) < 4.78 is 3.01. The maximum atomic E-state index is 5.74. The largest absolute Gasteiger partial charge is 0.271 e. The molecule has 0 amide bonds. The van der Waals surface area contributed by atoms with Gasteiger partial charge >= 0.3 is 0 Å². The summed E-state index contributed by atoms with van der Waals surface area (Å²) in [6.07, 6.45) is 2.83. The number of halogens is 1. The highest BCUT2D eigenvalue weighted by Gasteiger charge is 2.26. The molecule has 0 radical (unpaired) electrons. The van der Waals surface area contributed by atoms with Crippen molar-refractivity contribution in [3.8, 4) is 0 Å². The zero-order valence-corrected chi connectivity index (χ0v) is 13.6. The first-order valence-corrected chi connectivity index (χ1v) is 7.27. The highest BCUT2D eigenvalue weighted by atomic mass is 79.9. The Bertz CT molecular complexity index is 381. The molecule has 0 saturated carbocycles. The minimum atomic E-state index is 0.121. The van der Waals surface area contributed by atoms with Gasteiger partial charge in [0.05, 0.1) is 22.4 Å². The van der Waals surface area contributed by atoms with Crippen LogP contribution in [0.4, 0.5) is 0 Å². The number of rotatable bonds is 5. The van der Waals surface area contributed by atoms with E-state index in [1.807, 2.05) is 10.9 Å². The van der Waals surface area contributed by atoms with E-state index in [4.69, 9.17) is 5.84 Å². The molecular formula is C13H25BrN4. The first-order valence-electron chi connectivity index (χ1n) is 6.48. The van der Waals surface area contributed by atoms with Crippen LogP contribution in [-0.2, 0) is 6.54 Å². The quantitative estimate of drug-likeness (QED) is 0.647. The van der Waals surface area contributed by atoms with Gasteiger partial charge in [0.2, 0.25) is 0 Å². The second-order valence-electron chi connectivity index (χ2n) is 5.92. The fraction of sp³-hybridized carbons (Fsp3) is 0.769. The van der Waals surface area contributed by atoms with Crippen LogP contribution in [0.1, 0.15) is 52.8 Å². The van der Waals surface area contributed by atoms with E-state index in [1.165, 1.54) is 0 Å². The molecule has 1 rings (SSSR count). The molecule has 4 nitrogen and oxygen atoms in total. The summed E-state index contributed by atoms with van der Waals surface area (Å²) in [6, 6.07) is 0.121. The van der Waals surface area contributed by atoms with Gasteiger partial charge in [-0.3, -0.25) is 16.0 Å². The van der Waals surface area contributed by atoms with Crippen LogP contribution in [0.3, 0.4) is 0 Å². The Kier molecular flexibility index (Phi) is 5.37. The van der Waals surface area contributed by atoms with Crippen LogP contribution in [-0.4, -0.2) is 9.78 Å². The van der Waals surface area contributed by atoms with Gasteiger partial charge in [0.1, 0.15) is 0 Å². The van der Waals surface area contributed by atoms with Crippen molar-refractivity contribution in [2.24, 2.45) is 17.2 Å². The summed E-state index contributed by atoms with van der Waals surface area (Å²) in [6.45, 7) is 12.0. The van der Waals surface area contributed by atoms with Crippen LogP contribution in [0, 0.1) is 11.3 Å². The maximum Gasteiger partial charge on any atom is 0.0709 e. The van der Waals surface area contributed by atoms with Gasteiger partial charge in [-0.05, 0) is 40.6 Å². The third-order valence-corrected chi connectivity index (χ3v) is 4.34. The SMILES string of the molecule is CCn1ncc(Br)c1C(CC(C)C(C)(C)C)NN. The molecule has 0 aliphatic carbocycles. The Hall–Kier alpha value is -0.390. The lowest BCUT2D eigenvalue weighted by atomic mass is 9.78. The van der Waals surface area contributed by atoms with Crippen molar-refractivity contribution in [2.75, 3.05) is 0 Å². The number of hydrogen-bond donors (Lipinski definition) is 2. The van der Waals surface area contributed by atoms with Crippen molar-refractivity contribution >= 4 is 15.9 Å². The number of hydrogen-bond acceptors (Lipinski definition) is 3. The van der Waals surface area contributed by atoms with E-state index in [-0.39, 0.29) is 11.5 Å². The van der Waals surface area contributed by atoms with E-state index in [9.17, 15) is 0 Å². The fourth-order valence-electron chi connectivity index (χ4n) is 1.94. The summed E-state index contributed by atoms with van der Waals surface area (Å²) in [7, 11) is 0. The minimum Gasteiger partial charge on any atom is -0.271 e. The van der Waals surface area contributed by atoms with Crippen LogP contribution >= 0.6 is 15.9 Å². The summed E-state index contributed by atoms with van der Waals surface area (Å²) in [5.41, 5.74) is 4.34. The molecule has 0 bridgehead atoms. The van der Waals surface area contributed by atoms with Crippen LogP contribution in [0.5, 0.6) is 0 Å². The number of aromatic nitrogens is 2. The molecule has 18 heavy (non-hydrogen) atoms. The Morgan fingerprint density at radius 2 is 2.11 bits per heavy atom. The van der Waals surface area contributed by atoms with E-state index >= 15 is 0 Å². The zero-order valence-electron chi connectivity index (χ0n) is 12.0. The van der Waals surface area contributed by atoms with E-state index in [0.717, 1.165) is 23.1 Å². The molecule has 0 spiro atoms. The van der Waals surface area contributed by atoms with Crippen molar-refractivity contribution in [2.45, 2.75) is 53.6 Å². The molecule has 0 saturated heterocycles. The molecule has 0 aromatic carbocycles. The smallest absolute Gasteiger partial charge is 0.0709 e. The van der Waals surface area contributed by atoms with Crippen molar-refractivity contribution in [1.82, 2.24) is 15.2 Å². The Labute approximate surface area is 118 Å². The van der Waals surface area contributed by atoms with Crippen molar-refractivity contribution < 1.29 is 0 Å². The third-order valence-electron chi connectivity index (χ3n) is 3.73. The second kappa shape index (κ2) is 6.17. The zero-order chi connectivity index (χ0) is 13.9. The highest BCUT2D eigenvalue weighted by Crippen LogP contribution is 2.34. The predicted molar refractivity (Wildman–Crippen MR) is 78.9 cm³/mol. The Morgan fingerprint density at radius 3 is 2.56 bits per heavy atom. The van der Waals surface area contributed by atoms with E-state index in [2.05, 4.69) is 61.1 Å². The molecule has 0 fully saturated rings. The average molecular weight is 317 g/mol. The van der Waals surface area contributed by atoms with Crippen LogP contribution in [0.15, 0.2) is 10.7 Å². The van der Waals surface area contributed by atoms with Gasteiger partial charge in [-0.25, -0.2) is 0 Å². The van der Waals surface area contributed by atoms with Crippen LogP contribution in [0.2, 0.25) is 0 Å². The molecule has 0 aliphatic rings. The molecule has 2 unspecified atom stereocenters. The summed E-state index contributed by atoms with van der Waals surface area (Å²) in [4.78, 5) is 0. The van der Waals surface area contributed by atoms with Crippen molar-refractivity contribution in [3.05, 3.63) is 16.4 Å². The molecule has 2 atom stereocenters. The molecular weight excluding hydrogens is 292 g/mol. The summed E-state index contributed by atoms with van der Waals surface area (Å²) in [5, 5.41) is 4.35. The van der Waals surface area contributed by atoms with Gasteiger partial charge in [-0.15, -0.1) is 0 Å². The Balaban J connectivity index is 2.93. The van der Waals surface area contributed by atoms with Crippen LogP contribution < -0.4 is 11.3 Å². The number of nitrogens with one attached hydrogen (secondary N) is 1. The lowest BCUT2D eigenvalue weighted by molar-refractivity contribution is 0.220. The van der Waals surface area contributed by atoms with E-state index in [1.54, 1.807) is 0 Å². The van der Waals surface area contributed by atoms with E-state index < -0.39 is 0 Å². The molecule has 3 N–H and O–H groups in total. The lowest BCUT2D eigenvalue weighted by Crippen LogP contribution is -2.33.